The van der Waals surface area contributed by atoms with Crippen molar-refractivity contribution in [3.63, 3.8) is 0 Å². The summed E-state index contributed by atoms with van der Waals surface area (Å²) in [7, 11) is 0. The molecule has 4 atom stereocenters. The second kappa shape index (κ2) is 12.8. The van der Waals surface area contributed by atoms with Crippen LogP contribution < -0.4 is 18.9 Å². The Morgan fingerprint density at radius 2 is 1.57 bits per heavy atom. The summed E-state index contributed by atoms with van der Waals surface area (Å²) < 4.78 is 23.2. The Hall–Kier alpha value is 0.437. The van der Waals surface area contributed by atoms with Gasteiger partial charge in [-0.2, -0.15) is 6.42 Å². The number of hydrogen-bond donors (Lipinski definition) is 0. The van der Waals surface area contributed by atoms with Crippen LogP contribution in [0.1, 0.15) is 71.1 Å². The summed E-state index contributed by atoms with van der Waals surface area (Å²) in [6.45, 7) is 7.83. The van der Waals surface area contributed by atoms with Gasteiger partial charge in [-0.1, -0.05) is 0 Å². The van der Waals surface area contributed by atoms with E-state index in [2.05, 4.69) is 13.8 Å². The molecule has 0 saturated carbocycles. The molecule has 0 N–H and O–H groups in total. The molecule has 4 unspecified atom stereocenters. The molecule has 0 aromatic carbocycles. The van der Waals surface area contributed by atoms with E-state index in [4.69, 9.17) is 18.9 Å². The summed E-state index contributed by atoms with van der Waals surface area (Å²) in [5.74, 6) is 0. The van der Waals surface area contributed by atoms with E-state index in [1.54, 1.807) is 0 Å². The normalized spacial score (nSPS) is 27.9. The molecule has 0 spiro atoms. The van der Waals surface area contributed by atoms with Crippen LogP contribution in [0.2, 0.25) is 0 Å². The SMILES string of the molecule is [CH2-]CC(CCCC(C)OC1CCCCO1)OC1CCCCO1.[Li+]. The molecule has 0 bridgehead atoms. The Bertz CT molecular complexity index is 278. The summed E-state index contributed by atoms with van der Waals surface area (Å²) in [4.78, 5) is 0. The van der Waals surface area contributed by atoms with Gasteiger partial charge in [-0.05, 0) is 64.7 Å². The molecular formula is C18H33LiO4. The monoisotopic (exact) mass is 320 g/mol. The fraction of sp³-hybridized carbons (Fsp3) is 0.944. The largest absolute Gasteiger partial charge is 1.00 e. The summed E-state index contributed by atoms with van der Waals surface area (Å²) in [5, 5.41) is 0. The van der Waals surface area contributed by atoms with Crippen molar-refractivity contribution in [2.45, 2.75) is 95.9 Å². The van der Waals surface area contributed by atoms with Crippen LogP contribution in [0.15, 0.2) is 0 Å². The van der Waals surface area contributed by atoms with Crippen molar-refractivity contribution < 1.29 is 37.8 Å². The van der Waals surface area contributed by atoms with Crippen molar-refractivity contribution in [1.29, 1.82) is 0 Å². The molecule has 0 aliphatic carbocycles. The smallest absolute Gasteiger partial charge is 0.353 e. The van der Waals surface area contributed by atoms with Crippen molar-refractivity contribution in [3.05, 3.63) is 6.92 Å². The molecular weight excluding hydrogens is 287 g/mol. The molecule has 2 aliphatic heterocycles. The van der Waals surface area contributed by atoms with Gasteiger partial charge in [0.15, 0.2) is 12.6 Å². The van der Waals surface area contributed by atoms with E-state index in [1.807, 2.05) is 0 Å². The third-order valence-corrected chi connectivity index (χ3v) is 4.46. The second-order valence-electron chi connectivity index (χ2n) is 6.52. The predicted molar refractivity (Wildman–Crippen MR) is 86.4 cm³/mol. The molecule has 2 saturated heterocycles. The third kappa shape index (κ3) is 8.91. The van der Waals surface area contributed by atoms with Crippen molar-refractivity contribution in [2.75, 3.05) is 13.2 Å². The zero-order valence-electron chi connectivity index (χ0n) is 15.1. The van der Waals surface area contributed by atoms with Gasteiger partial charge in [0.1, 0.15) is 0 Å². The van der Waals surface area contributed by atoms with Gasteiger partial charge in [-0.3, -0.25) is 0 Å². The van der Waals surface area contributed by atoms with Gasteiger partial charge in [0.25, 0.3) is 0 Å². The number of hydrogen-bond acceptors (Lipinski definition) is 4. The molecule has 0 aromatic heterocycles. The molecule has 0 aromatic rings. The van der Waals surface area contributed by atoms with E-state index in [0.717, 1.165) is 58.2 Å². The summed E-state index contributed by atoms with van der Waals surface area (Å²) in [5.41, 5.74) is 0. The van der Waals surface area contributed by atoms with Crippen LogP contribution in [0.5, 0.6) is 0 Å². The summed E-state index contributed by atoms with van der Waals surface area (Å²) in [6.07, 6.45) is 11.3. The first kappa shape index (κ1) is 21.5. The molecule has 2 rings (SSSR count). The zero-order chi connectivity index (χ0) is 15.6. The minimum Gasteiger partial charge on any atom is -0.353 e. The fourth-order valence-corrected chi connectivity index (χ4v) is 3.09. The first-order valence-corrected chi connectivity index (χ1v) is 9.11. The Balaban J connectivity index is 0.00000264. The van der Waals surface area contributed by atoms with Crippen LogP contribution in [0.25, 0.3) is 0 Å². The zero-order valence-corrected chi connectivity index (χ0v) is 15.1. The molecule has 4 nitrogen and oxygen atoms in total. The first-order chi connectivity index (χ1) is 10.8. The van der Waals surface area contributed by atoms with Crippen LogP contribution >= 0.6 is 0 Å². The Kier molecular flexibility index (Phi) is 11.9. The number of ether oxygens (including phenoxy) is 4. The fourth-order valence-electron chi connectivity index (χ4n) is 3.09. The number of rotatable bonds is 9. The van der Waals surface area contributed by atoms with Gasteiger partial charge < -0.3 is 25.9 Å². The van der Waals surface area contributed by atoms with Gasteiger partial charge in [0.2, 0.25) is 0 Å². The van der Waals surface area contributed by atoms with Crippen molar-refractivity contribution in [3.8, 4) is 0 Å². The minimum atomic E-state index is -0.00943. The molecule has 0 amide bonds. The van der Waals surface area contributed by atoms with E-state index in [-0.39, 0.29) is 43.6 Å². The molecule has 23 heavy (non-hydrogen) atoms. The molecule has 130 valence electrons. The third-order valence-electron chi connectivity index (χ3n) is 4.46. The van der Waals surface area contributed by atoms with E-state index in [1.165, 1.54) is 19.3 Å². The molecule has 5 heteroatoms. The molecule has 2 fully saturated rings. The van der Waals surface area contributed by atoms with Crippen LogP contribution in [0.3, 0.4) is 0 Å². The second-order valence-corrected chi connectivity index (χ2v) is 6.52. The van der Waals surface area contributed by atoms with E-state index < -0.39 is 0 Å². The maximum Gasteiger partial charge on any atom is 1.00 e. The average molecular weight is 320 g/mol. The first-order valence-electron chi connectivity index (χ1n) is 9.11. The van der Waals surface area contributed by atoms with Crippen molar-refractivity contribution in [2.24, 2.45) is 0 Å². The Morgan fingerprint density at radius 3 is 2.09 bits per heavy atom. The van der Waals surface area contributed by atoms with E-state index >= 15 is 0 Å². The maximum absolute atomic E-state index is 6.02. The van der Waals surface area contributed by atoms with Gasteiger partial charge >= 0.3 is 18.9 Å². The van der Waals surface area contributed by atoms with E-state index in [0.29, 0.717) is 0 Å². The van der Waals surface area contributed by atoms with Gasteiger partial charge in [0.05, 0.1) is 6.10 Å². The van der Waals surface area contributed by atoms with E-state index in [9.17, 15) is 0 Å². The van der Waals surface area contributed by atoms with Crippen molar-refractivity contribution >= 4 is 0 Å². The van der Waals surface area contributed by atoms with Crippen LogP contribution in [0, 0.1) is 6.92 Å². The summed E-state index contributed by atoms with van der Waals surface area (Å²) in [6, 6.07) is 0. The topological polar surface area (TPSA) is 36.9 Å². The predicted octanol–water partition coefficient (Wildman–Crippen LogP) is 1.23. The Morgan fingerprint density at radius 1 is 0.957 bits per heavy atom. The van der Waals surface area contributed by atoms with Crippen LogP contribution in [0.4, 0.5) is 0 Å². The van der Waals surface area contributed by atoms with Crippen LogP contribution in [-0.2, 0) is 18.9 Å². The molecule has 2 heterocycles. The average Bonchev–Trinajstić information content (AvgIpc) is 2.56. The summed E-state index contributed by atoms with van der Waals surface area (Å²) >= 11 is 0. The molecule has 0 radical (unpaired) electrons. The van der Waals surface area contributed by atoms with Gasteiger partial charge in [-0.15, -0.1) is 0 Å². The van der Waals surface area contributed by atoms with Gasteiger partial charge in [-0.25, -0.2) is 0 Å². The van der Waals surface area contributed by atoms with Crippen molar-refractivity contribution in [1.82, 2.24) is 0 Å². The van der Waals surface area contributed by atoms with Gasteiger partial charge in [0, 0.05) is 19.3 Å². The van der Waals surface area contributed by atoms with Crippen LogP contribution in [-0.4, -0.2) is 38.0 Å². The minimum absolute atomic E-state index is 0. The molecule has 2 aliphatic rings. The quantitative estimate of drug-likeness (QED) is 0.473. The standard InChI is InChI=1S/C18H33O4.Li/c1-3-16(22-18-12-5-7-14-20-18)10-8-9-15(2)21-17-11-4-6-13-19-17;/h15-18H,1,3-14H2,2H3;/q-1;+1. The Labute approximate surface area is 154 Å². The maximum atomic E-state index is 6.02.